The average Bonchev–Trinajstić information content (AvgIpc) is 2.21. The molecule has 0 aliphatic carbocycles. The molecule has 0 aliphatic heterocycles. The summed E-state index contributed by atoms with van der Waals surface area (Å²) in [5.74, 6) is -1.01. The van der Waals surface area contributed by atoms with E-state index in [-0.39, 0.29) is 11.3 Å². The lowest BCUT2D eigenvalue weighted by Gasteiger charge is -2.10. The van der Waals surface area contributed by atoms with Crippen molar-refractivity contribution in [1.29, 1.82) is 0 Å². The fourth-order valence-corrected chi connectivity index (χ4v) is 1.12. The summed E-state index contributed by atoms with van der Waals surface area (Å²) in [6, 6.07) is 3.66. The van der Waals surface area contributed by atoms with E-state index < -0.39 is 17.8 Å². The number of rotatable bonds is 3. The number of benzene rings is 1. The Morgan fingerprint density at radius 2 is 2.00 bits per heavy atom. The van der Waals surface area contributed by atoms with E-state index >= 15 is 0 Å². The highest BCUT2D eigenvalue weighted by Crippen LogP contribution is 2.09. The topological polar surface area (TPSA) is 46.2 Å². The van der Waals surface area contributed by atoms with E-state index in [4.69, 9.17) is 0 Å². The van der Waals surface area contributed by atoms with Crippen molar-refractivity contribution in [1.82, 2.24) is 5.32 Å². The molecule has 0 saturated carbocycles. The Morgan fingerprint density at radius 1 is 1.38 bits per heavy atom. The second-order valence-electron chi connectivity index (χ2n) is 3.77. The van der Waals surface area contributed by atoms with Gasteiger partial charge in [-0.15, -0.1) is 0 Å². The molecule has 0 spiro atoms. The largest absolute Gasteiger partial charge is 0.343 e. The number of carbonyl (C=O) groups excluding carboxylic acids is 2. The van der Waals surface area contributed by atoms with Crippen LogP contribution in [0.2, 0.25) is 0 Å². The summed E-state index contributed by atoms with van der Waals surface area (Å²) in [6.45, 7) is 4.60. The number of ketones is 1. The standard InChI is InChI=1S/C12H14FNO2/c1-7-4-5-10(6-11(7)13)12(16)14-8(2)9(3)15/h4-6,8H,1-3H3,(H,14,16). The lowest BCUT2D eigenvalue weighted by Crippen LogP contribution is -2.37. The summed E-state index contributed by atoms with van der Waals surface area (Å²) >= 11 is 0. The fraction of sp³-hybridized carbons (Fsp3) is 0.333. The number of carbonyl (C=O) groups is 2. The summed E-state index contributed by atoms with van der Waals surface area (Å²) in [5, 5.41) is 2.49. The zero-order valence-electron chi connectivity index (χ0n) is 9.50. The number of halogens is 1. The van der Waals surface area contributed by atoms with Crippen LogP contribution in [0.25, 0.3) is 0 Å². The maximum Gasteiger partial charge on any atom is 0.251 e. The van der Waals surface area contributed by atoms with Crippen LogP contribution in [-0.2, 0) is 4.79 Å². The molecule has 1 unspecified atom stereocenters. The molecule has 0 saturated heterocycles. The second kappa shape index (κ2) is 4.88. The van der Waals surface area contributed by atoms with E-state index in [1.54, 1.807) is 13.8 Å². The van der Waals surface area contributed by atoms with Crippen LogP contribution in [0, 0.1) is 12.7 Å². The van der Waals surface area contributed by atoms with Crippen molar-refractivity contribution < 1.29 is 14.0 Å². The molecule has 0 heterocycles. The molecule has 1 amide bonds. The van der Waals surface area contributed by atoms with Crippen LogP contribution in [0.4, 0.5) is 4.39 Å². The Morgan fingerprint density at radius 3 is 2.50 bits per heavy atom. The Kier molecular flexibility index (Phi) is 3.77. The van der Waals surface area contributed by atoms with E-state index in [9.17, 15) is 14.0 Å². The molecule has 0 radical (unpaired) electrons. The van der Waals surface area contributed by atoms with Gasteiger partial charge >= 0.3 is 0 Å². The number of hydrogen-bond acceptors (Lipinski definition) is 2. The van der Waals surface area contributed by atoms with Crippen molar-refractivity contribution in [3.8, 4) is 0 Å². The monoisotopic (exact) mass is 223 g/mol. The van der Waals surface area contributed by atoms with E-state index in [1.807, 2.05) is 0 Å². The third-order valence-corrected chi connectivity index (χ3v) is 2.39. The molecule has 16 heavy (non-hydrogen) atoms. The van der Waals surface area contributed by atoms with Crippen LogP contribution in [0.1, 0.15) is 29.8 Å². The third kappa shape index (κ3) is 2.89. The zero-order chi connectivity index (χ0) is 12.3. The van der Waals surface area contributed by atoms with Gasteiger partial charge in [0, 0.05) is 5.56 Å². The van der Waals surface area contributed by atoms with Gasteiger partial charge in [-0.1, -0.05) is 6.07 Å². The van der Waals surface area contributed by atoms with E-state index in [0.717, 1.165) is 6.07 Å². The summed E-state index contributed by atoms with van der Waals surface area (Å²) in [5.41, 5.74) is 0.701. The Hall–Kier alpha value is -1.71. The summed E-state index contributed by atoms with van der Waals surface area (Å²) in [4.78, 5) is 22.5. The first-order valence-corrected chi connectivity index (χ1v) is 4.99. The minimum Gasteiger partial charge on any atom is -0.343 e. The van der Waals surface area contributed by atoms with Gasteiger partial charge in [0.05, 0.1) is 6.04 Å². The molecule has 0 bridgehead atoms. The predicted molar refractivity (Wildman–Crippen MR) is 58.7 cm³/mol. The number of amides is 1. The van der Waals surface area contributed by atoms with Gasteiger partial charge in [-0.2, -0.15) is 0 Å². The molecule has 86 valence electrons. The van der Waals surface area contributed by atoms with Crippen LogP contribution >= 0.6 is 0 Å². The quantitative estimate of drug-likeness (QED) is 0.849. The van der Waals surface area contributed by atoms with Crippen LogP contribution in [0.3, 0.4) is 0 Å². The fourth-order valence-electron chi connectivity index (χ4n) is 1.12. The lowest BCUT2D eigenvalue weighted by molar-refractivity contribution is -0.118. The molecule has 0 aliphatic rings. The Bertz CT molecular complexity index is 429. The minimum absolute atomic E-state index is 0.138. The highest BCUT2D eigenvalue weighted by molar-refractivity contribution is 5.97. The first kappa shape index (κ1) is 12.4. The predicted octanol–water partition coefficient (Wildman–Crippen LogP) is 1.84. The van der Waals surface area contributed by atoms with Crippen LogP contribution in [0.15, 0.2) is 18.2 Å². The summed E-state index contributed by atoms with van der Waals surface area (Å²) in [7, 11) is 0. The number of nitrogens with one attached hydrogen (secondary N) is 1. The second-order valence-corrected chi connectivity index (χ2v) is 3.77. The first-order chi connectivity index (χ1) is 7.41. The molecule has 1 N–H and O–H groups in total. The van der Waals surface area contributed by atoms with Gasteiger partial charge in [0.15, 0.2) is 5.78 Å². The SMILES string of the molecule is CC(=O)C(C)NC(=O)c1ccc(C)c(F)c1. The van der Waals surface area contributed by atoms with Crippen LogP contribution in [0.5, 0.6) is 0 Å². The van der Waals surface area contributed by atoms with Crippen molar-refractivity contribution in [2.24, 2.45) is 0 Å². The number of hydrogen-bond donors (Lipinski definition) is 1. The van der Waals surface area contributed by atoms with E-state index in [1.165, 1.54) is 19.1 Å². The van der Waals surface area contributed by atoms with Crippen molar-refractivity contribution in [2.45, 2.75) is 26.8 Å². The van der Waals surface area contributed by atoms with Crippen LogP contribution in [-0.4, -0.2) is 17.7 Å². The molecule has 1 aromatic carbocycles. The molecule has 0 aromatic heterocycles. The molecule has 0 fully saturated rings. The Labute approximate surface area is 93.7 Å². The van der Waals surface area contributed by atoms with Crippen molar-refractivity contribution >= 4 is 11.7 Å². The highest BCUT2D eigenvalue weighted by atomic mass is 19.1. The zero-order valence-corrected chi connectivity index (χ0v) is 9.50. The minimum atomic E-state index is -0.558. The molecule has 1 aromatic rings. The van der Waals surface area contributed by atoms with Crippen LogP contribution < -0.4 is 5.32 Å². The average molecular weight is 223 g/mol. The molecule has 1 atom stereocenters. The molecule has 4 heteroatoms. The van der Waals surface area contributed by atoms with Crippen molar-refractivity contribution in [3.05, 3.63) is 35.1 Å². The summed E-state index contributed by atoms with van der Waals surface area (Å²) < 4.78 is 13.2. The number of aryl methyl sites for hydroxylation is 1. The van der Waals surface area contributed by atoms with Gasteiger partial charge in [-0.05, 0) is 38.5 Å². The van der Waals surface area contributed by atoms with Gasteiger partial charge in [-0.3, -0.25) is 9.59 Å². The van der Waals surface area contributed by atoms with E-state index in [2.05, 4.69) is 5.32 Å². The normalized spacial score (nSPS) is 12.0. The Balaban J connectivity index is 2.81. The molecule has 3 nitrogen and oxygen atoms in total. The molecular formula is C12H14FNO2. The first-order valence-electron chi connectivity index (χ1n) is 4.99. The van der Waals surface area contributed by atoms with Crippen molar-refractivity contribution in [3.63, 3.8) is 0 Å². The van der Waals surface area contributed by atoms with Gasteiger partial charge in [-0.25, -0.2) is 4.39 Å². The third-order valence-electron chi connectivity index (χ3n) is 2.39. The van der Waals surface area contributed by atoms with Crippen molar-refractivity contribution in [2.75, 3.05) is 0 Å². The maximum absolute atomic E-state index is 13.2. The van der Waals surface area contributed by atoms with Gasteiger partial charge in [0.2, 0.25) is 0 Å². The van der Waals surface area contributed by atoms with Gasteiger partial charge in [0.1, 0.15) is 5.82 Å². The lowest BCUT2D eigenvalue weighted by atomic mass is 10.1. The highest BCUT2D eigenvalue weighted by Gasteiger charge is 2.13. The van der Waals surface area contributed by atoms with Gasteiger partial charge < -0.3 is 5.32 Å². The van der Waals surface area contributed by atoms with E-state index in [0.29, 0.717) is 5.56 Å². The summed E-state index contributed by atoms with van der Waals surface area (Å²) in [6.07, 6.45) is 0. The van der Waals surface area contributed by atoms with Gasteiger partial charge in [0.25, 0.3) is 5.91 Å². The number of Topliss-reactive ketones (excluding diaryl/α,β-unsaturated/α-hetero) is 1. The smallest absolute Gasteiger partial charge is 0.251 e. The maximum atomic E-state index is 13.2. The molecule has 1 rings (SSSR count). The molecular weight excluding hydrogens is 209 g/mol.